The summed E-state index contributed by atoms with van der Waals surface area (Å²) in [5, 5.41) is 9.28. The van der Waals surface area contributed by atoms with Gasteiger partial charge in [-0.05, 0) is 74.1 Å². The van der Waals surface area contributed by atoms with E-state index in [4.69, 9.17) is 15.2 Å². The summed E-state index contributed by atoms with van der Waals surface area (Å²) in [6.07, 6.45) is -2.04. The fourth-order valence-electron chi connectivity index (χ4n) is 6.28. The summed E-state index contributed by atoms with van der Waals surface area (Å²) in [5.41, 5.74) is 10.2. The second-order valence-corrected chi connectivity index (χ2v) is 12.1. The van der Waals surface area contributed by atoms with Crippen LogP contribution in [0, 0.1) is 5.41 Å². The van der Waals surface area contributed by atoms with Crippen molar-refractivity contribution in [3.05, 3.63) is 59.2 Å². The van der Waals surface area contributed by atoms with Gasteiger partial charge in [0, 0.05) is 43.9 Å². The van der Waals surface area contributed by atoms with Crippen LogP contribution in [-0.2, 0) is 29.0 Å². The Balaban J connectivity index is 1.04. The molecule has 0 bridgehead atoms. The van der Waals surface area contributed by atoms with Gasteiger partial charge in [-0.2, -0.15) is 4.98 Å². The third kappa shape index (κ3) is 7.09. The van der Waals surface area contributed by atoms with E-state index in [2.05, 4.69) is 24.5 Å². The maximum Gasteiger partial charge on any atom is 0.573 e. The Morgan fingerprint density at radius 2 is 1.76 bits per heavy atom. The zero-order valence-electron chi connectivity index (χ0n) is 25.0. The highest BCUT2D eigenvalue weighted by molar-refractivity contribution is 5.76. The minimum absolute atomic E-state index is 0.0240. The second kappa shape index (κ2) is 12.4. The van der Waals surface area contributed by atoms with Crippen molar-refractivity contribution >= 4 is 17.7 Å². The molecule has 10 nitrogen and oxygen atoms in total. The third-order valence-corrected chi connectivity index (χ3v) is 8.85. The molecule has 0 unspecified atom stereocenters. The molecule has 6 rings (SSSR count). The van der Waals surface area contributed by atoms with E-state index in [0.717, 1.165) is 73.8 Å². The number of ether oxygens (including phenoxy) is 3. The van der Waals surface area contributed by atoms with Crippen LogP contribution in [0.15, 0.2) is 42.5 Å². The molecule has 13 heteroatoms. The van der Waals surface area contributed by atoms with Crippen molar-refractivity contribution in [1.82, 2.24) is 14.9 Å². The molecule has 2 fully saturated rings. The Morgan fingerprint density at radius 1 is 1.04 bits per heavy atom. The maximum atomic E-state index is 12.4. The maximum absolute atomic E-state index is 12.4. The number of nitrogens with two attached hydrogens (primary N) is 1. The third-order valence-electron chi connectivity index (χ3n) is 8.85. The minimum Gasteiger partial charge on any atom is -0.489 e. The SMILES string of the molecule is C[C@]1(C(=O)O)C[C@H](OCCN2CCN(c3nc(N)nc4c3CCc3cc(OCc5ccc(OC(F)(F)F)cc5)ccc3-4)CC2)C1. The topological polar surface area (TPSA) is 123 Å². The number of nitrogen functional groups attached to an aromatic ring is 1. The number of aryl methyl sites for hydroxylation is 1. The van der Waals surface area contributed by atoms with E-state index in [9.17, 15) is 23.1 Å². The molecule has 45 heavy (non-hydrogen) atoms. The van der Waals surface area contributed by atoms with Gasteiger partial charge in [-0.25, -0.2) is 4.98 Å². The molecule has 3 N–H and O–H groups in total. The van der Waals surface area contributed by atoms with Gasteiger partial charge in [0.25, 0.3) is 0 Å². The molecule has 1 saturated carbocycles. The largest absolute Gasteiger partial charge is 0.573 e. The molecule has 1 aliphatic heterocycles. The summed E-state index contributed by atoms with van der Waals surface area (Å²) >= 11 is 0. The van der Waals surface area contributed by atoms with E-state index < -0.39 is 17.7 Å². The Labute approximate surface area is 258 Å². The Bertz CT molecular complexity index is 1540. The van der Waals surface area contributed by atoms with Gasteiger partial charge in [0.15, 0.2) is 0 Å². The van der Waals surface area contributed by atoms with Crippen LogP contribution in [0.25, 0.3) is 11.3 Å². The van der Waals surface area contributed by atoms with Crippen LogP contribution in [0.2, 0.25) is 0 Å². The van der Waals surface area contributed by atoms with Gasteiger partial charge in [0.2, 0.25) is 5.95 Å². The molecular formula is C32H36F3N5O5. The van der Waals surface area contributed by atoms with Gasteiger partial charge in [-0.1, -0.05) is 12.1 Å². The summed E-state index contributed by atoms with van der Waals surface area (Å²) in [5.74, 6) is 0.725. The van der Waals surface area contributed by atoms with E-state index >= 15 is 0 Å². The van der Waals surface area contributed by atoms with E-state index in [1.54, 1.807) is 6.92 Å². The van der Waals surface area contributed by atoms with E-state index in [0.29, 0.717) is 30.8 Å². The first-order valence-corrected chi connectivity index (χ1v) is 15.1. The molecule has 0 radical (unpaired) electrons. The first-order valence-electron chi connectivity index (χ1n) is 15.1. The standard InChI is InChI=1S/C32H36F3N5O5/c1-31(29(41)42)17-24(18-31)43-15-14-39-10-12-40(13-11-39)28-26-8-4-21-16-23(7-9-25(21)27(26)37-30(36)38-28)44-19-20-2-5-22(6-3-20)45-32(33,34)35/h2-3,5-7,9,16,24H,4,8,10-15,17-19H2,1H3,(H,41,42)(H2,36,37,38)/t24-,31-. The van der Waals surface area contributed by atoms with Crippen molar-refractivity contribution in [2.75, 3.05) is 50.0 Å². The van der Waals surface area contributed by atoms with Crippen molar-refractivity contribution in [2.45, 2.75) is 51.7 Å². The Kier molecular flexibility index (Phi) is 8.49. The summed E-state index contributed by atoms with van der Waals surface area (Å²) in [4.78, 5) is 25.2. The molecule has 0 spiro atoms. The normalized spacial score (nSPS) is 21.4. The van der Waals surface area contributed by atoms with Gasteiger partial charge in [-0.15, -0.1) is 13.2 Å². The smallest absolute Gasteiger partial charge is 0.489 e. The van der Waals surface area contributed by atoms with Gasteiger partial charge >= 0.3 is 12.3 Å². The highest BCUT2D eigenvalue weighted by Gasteiger charge is 2.47. The van der Waals surface area contributed by atoms with Crippen LogP contribution >= 0.6 is 0 Å². The highest BCUT2D eigenvalue weighted by atomic mass is 19.4. The number of anilines is 2. The molecule has 0 atom stereocenters. The molecule has 2 heterocycles. The lowest BCUT2D eigenvalue weighted by molar-refractivity contribution is -0.274. The van der Waals surface area contributed by atoms with Crippen molar-refractivity contribution in [2.24, 2.45) is 5.41 Å². The number of halogens is 3. The summed E-state index contributed by atoms with van der Waals surface area (Å²) in [6, 6.07) is 11.4. The van der Waals surface area contributed by atoms with Crippen molar-refractivity contribution < 1.29 is 37.3 Å². The van der Waals surface area contributed by atoms with Crippen LogP contribution in [0.5, 0.6) is 11.5 Å². The number of fused-ring (bicyclic) bond motifs is 3. The lowest BCUT2D eigenvalue weighted by atomic mass is 9.68. The second-order valence-electron chi connectivity index (χ2n) is 12.1. The van der Waals surface area contributed by atoms with Crippen molar-refractivity contribution in [3.8, 4) is 22.8 Å². The number of carboxylic acid groups (broad SMARTS) is 1. The molecule has 3 aromatic rings. The molecule has 240 valence electrons. The van der Waals surface area contributed by atoms with Crippen LogP contribution in [0.4, 0.5) is 24.9 Å². The molecular weight excluding hydrogens is 591 g/mol. The molecule has 0 amide bonds. The minimum atomic E-state index is -4.73. The molecule has 1 aromatic heterocycles. The van der Waals surface area contributed by atoms with Crippen LogP contribution in [-0.4, -0.2) is 77.7 Å². The van der Waals surface area contributed by atoms with Gasteiger partial charge in [-0.3, -0.25) is 9.69 Å². The average Bonchev–Trinajstić information content (AvgIpc) is 2.98. The van der Waals surface area contributed by atoms with E-state index in [-0.39, 0.29) is 24.4 Å². The molecule has 3 aliphatic rings. The van der Waals surface area contributed by atoms with Crippen LogP contribution < -0.4 is 20.1 Å². The molecule has 1 saturated heterocycles. The fraction of sp³-hybridized carbons (Fsp3) is 0.469. The highest BCUT2D eigenvalue weighted by Crippen LogP contribution is 2.42. The number of carbonyl (C=O) groups is 1. The number of nitrogens with zero attached hydrogens (tertiary/aromatic N) is 4. The first-order chi connectivity index (χ1) is 21.5. The lowest BCUT2D eigenvalue weighted by Crippen LogP contribution is -2.49. The van der Waals surface area contributed by atoms with Crippen molar-refractivity contribution in [1.29, 1.82) is 0 Å². The first kappa shape index (κ1) is 30.9. The number of piperazine rings is 1. The Hall–Kier alpha value is -4.10. The van der Waals surface area contributed by atoms with Crippen LogP contribution in [0.1, 0.15) is 36.5 Å². The molecule has 2 aliphatic carbocycles. The number of benzene rings is 2. The number of hydrogen-bond donors (Lipinski definition) is 2. The quantitative estimate of drug-likeness (QED) is 0.327. The van der Waals surface area contributed by atoms with Gasteiger partial charge < -0.3 is 30.0 Å². The number of carboxylic acids is 1. The number of hydrogen-bond acceptors (Lipinski definition) is 9. The number of aromatic nitrogens is 2. The predicted molar refractivity (Wildman–Crippen MR) is 160 cm³/mol. The van der Waals surface area contributed by atoms with Crippen LogP contribution in [0.3, 0.4) is 0 Å². The summed E-state index contributed by atoms with van der Waals surface area (Å²) < 4.78 is 53.0. The molecule has 2 aromatic carbocycles. The summed E-state index contributed by atoms with van der Waals surface area (Å²) in [7, 11) is 0. The van der Waals surface area contributed by atoms with E-state index in [1.807, 2.05) is 18.2 Å². The number of rotatable bonds is 10. The van der Waals surface area contributed by atoms with Gasteiger partial charge in [0.05, 0.1) is 23.8 Å². The van der Waals surface area contributed by atoms with Gasteiger partial charge in [0.1, 0.15) is 23.9 Å². The summed E-state index contributed by atoms with van der Waals surface area (Å²) in [6.45, 7) is 6.66. The number of alkyl halides is 3. The van der Waals surface area contributed by atoms with Crippen molar-refractivity contribution in [3.63, 3.8) is 0 Å². The zero-order chi connectivity index (χ0) is 31.8. The predicted octanol–water partition coefficient (Wildman–Crippen LogP) is 4.69. The van der Waals surface area contributed by atoms with E-state index in [1.165, 1.54) is 24.3 Å². The Morgan fingerprint density at radius 3 is 2.44 bits per heavy atom. The zero-order valence-corrected chi connectivity index (χ0v) is 25.0. The number of aliphatic carboxylic acids is 1. The lowest BCUT2D eigenvalue weighted by Gasteiger charge is -2.42. The monoisotopic (exact) mass is 627 g/mol. The average molecular weight is 628 g/mol. The fourth-order valence-corrected chi connectivity index (χ4v) is 6.28.